The highest BCUT2D eigenvalue weighted by Gasteiger charge is 2.43. The summed E-state index contributed by atoms with van der Waals surface area (Å²) >= 11 is 1.23. The summed E-state index contributed by atoms with van der Waals surface area (Å²) in [5.74, 6) is 0.112. The van der Waals surface area contributed by atoms with Gasteiger partial charge < -0.3 is 29.9 Å². The average Bonchev–Trinajstić information content (AvgIpc) is 2.72. The Bertz CT molecular complexity index is 792. The van der Waals surface area contributed by atoms with Crippen LogP contribution in [0.15, 0.2) is 42.5 Å². The van der Waals surface area contributed by atoms with Crippen LogP contribution in [0.3, 0.4) is 0 Å². The molecule has 0 bridgehead atoms. The smallest absolute Gasteiger partial charge is 0.338 e. The van der Waals surface area contributed by atoms with E-state index in [1.165, 1.54) is 11.8 Å². The third-order valence-corrected chi connectivity index (χ3v) is 5.90. The summed E-state index contributed by atoms with van der Waals surface area (Å²) < 4.78 is 10.8. The Hall–Kier alpha value is -1.68. The first-order valence-electron chi connectivity index (χ1n) is 9.10. The van der Waals surface area contributed by atoms with Crippen LogP contribution in [-0.2, 0) is 9.47 Å². The lowest BCUT2D eigenvalue weighted by molar-refractivity contribution is -0.205. The monoisotopic (exact) mass is 408 g/mol. The molecular formula is C20H24O7S. The number of benzene rings is 2. The minimum atomic E-state index is -1.38. The molecule has 1 aliphatic heterocycles. The highest BCUT2D eigenvalue weighted by Crippen LogP contribution is 2.28. The number of rotatable bonds is 7. The van der Waals surface area contributed by atoms with Gasteiger partial charge in [0, 0.05) is 0 Å². The van der Waals surface area contributed by atoms with Crippen molar-refractivity contribution in [3.63, 3.8) is 0 Å². The first kappa shape index (κ1) is 21.0. The summed E-state index contributed by atoms with van der Waals surface area (Å²) in [5.41, 5.74) is -0.260. The lowest BCUT2D eigenvalue weighted by Gasteiger charge is -2.39. The topological polar surface area (TPSA) is 116 Å². The molecule has 1 fully saturated rings. The average molecular weight is 408 g/mol. The van der Waals surface area contributed by atoms with E-state index in [1.807, 2.05) is 36.4 Å². The van der Waals surface area contributed by atoms with Crippen LogP contribution in [0.25, 0.3) is 10.8 Å². The first-order valence-corrected chi connectivity index (χ1v) is 10.1. The fraction of sp³-hybridized carbons (Fsp3) is 0.450. The zero-order valence-electron chi connectivity index (χ0n) is 15.2. The fourth-order valence-corrected chi connectivity index (χ4v) is 4.21. The Morgan fingerprint density at radius 2 is 1.79 bits per heavy atom. The Labute approximate surface area is 166 Å². The number of hydrogen-bond donors (Lipinski definition) is 4. The van der Waals surface area contributed by atoms with E-state index in [1.54, 1.807) is 6.07 Å². The molecule has 5 atom stereocenters. The van der Waals surface area contributed by atoms with Crippen LogP contribution >= 0.6 is 11.8 Å². The van der Waals surface area contributed by atoms with E-state index in [0.29, 0.717) is 17.7 Å². The second kappa shape index (κ2) is 9.69. The van der Waals surface area contributed by atoms with Crippen molar-refractivity contribution < 1.29 is 34.7 Å². The van der Waals surface area contributed by atoms with Gasteiger partial charge in [0.15, 0.2) is 0 Å². The molecule has 1 heterocycles. The molecule has 0 aliphatic carbocycles. The van der Waals surface area contributed by atoms with Crippen LogP contribution in [0.1, 0.15) is 16.8 Å². The maximum atomic E-state index is 12.4. The SMILES string of the molecule is O=C(OCCCS[C@@H]1O[C@H](CO)[C@@H](O)[C@H](O)[C@H]1O)c1cccc2ccccc12. The summed E-state index contributed by atoms with van der Waals surface area (Å²) in [7, 11) is 0. The summed E-state index contributed by atoms with van der Waals surface area (Å²) in [6, 6.07) is 13.1. The molecule has 1 aliphatic rings. The molecule has 0 saturated carbocycles. The standard InChI is InChI=1S/C20H24O7S/c21-11-15-16(22)17(23)18(24)20(27-15)28-10-4-9-26-19(25)14-8-3-6-12-5-1-2-7-13(12)14/h1-3,5-8,15-18,20-24H,4,9-11H2/t15-,16-,17+,18-,20+/m1/s1. The van der Waals surface area contributed by atoms with Gasteiger partial charge in [-0.05, 0) is 29.0 Å². The van der Waals surface area contributed by atoms with Gasteiger partial charge in [0.2, 0.25) is 0 Å². The minimum absolute atomic E-state index is 0.201. The number of esters is 1. The number of hydrogen-bond acceptors (Lipinski definition) is 8. The minimum Gasteiger partial charge on any atom is -0.462 e. The van der Waals surface area contributed by atoms with Gasteiger partial charge in [-0.3, -0.25) is 0 Å². The summed E-state index contributed by atoms with van der Waals surface area (Å²) in [6.07, 6.45) is -4.40. The van der Waals surface area contributed by atoms with Crippen molar-refractivity contribution in [1.82, 2.24) is 0 Å². The van der Waals surface area contributed by atoms with Crippen molar-refractivity contribution in [2.24, 2.45) is 0 Å². The Balaban J connectivity index is 1.46. The van der Waals surface area contributed by atoms with E-state index < -0.39 is 42.4 Å². The van der Waals surface area contributed by atoms with Gasteiger partial charge in [0.1, 0.15) is 29.9 Å². The maximum absolute atomic E-state index is 12.4. The van der Waals surface area contributed by atoms with E-state index in [0.717, 1.165) is 10.8 Å². The van der Waals surface area contributed by atoms with Crippen molar-refractivity contribution in [3.05, 3.63) is 48.0 Å². The van der Waals surface area contributed by atoms with Gasteiger partial charge in [-0.25, -0.2) is 4.79 Å². The quantitative estimate of drug-likeness (QED) is 0.395. The van der Waals surface area contributed by atoms with Gasteiger partial charge in [0.25, 0.3) is 0 Å². The van der Waals surface area contributed by atoms with Crippen LogP contribution < -0.4 is 0 Å². The van der Waals surface area contributed by atoms with Gasteiger partial charge in [0.05, 0.1) is 18.8 Å². The predicted octanol–water partition coefficient (Wildman–Crippen LogP) is 0.920. The fourth-order valence-electron chi connectivity index (χ4n) is 3.11. The lowest BCUT2D eigenvalue weighted by atomic mass is 10.0. The van der Waals surface area contributed by atoms with Crippen LogP contribution in [-0.4, -0.2) is 75.2 Å². The van der Waals surface area contributed by atoms with Gasteiger partial charge in [-0.15, -0.1) is 11.8 Å². The zero-order valence-corrected chi connectivity index (χ0v) is 16.0. The van der Waals surface area contributed by atoms with E-state index >= 15 is 0 Å². The largest absolute Gasteiger partial charge is 0.462 e. The molecule has 7 nitrogen and oxygen atoms in total. The van der Waals surface area contributed by atoms with Crippen molar-refractivity contribution in [2.45, 2.75) is 36.3 Å². The molecule has 0 aromatic heterocycles. The molecule has 152 valence electrons. The number of fused-ring (bicyclic) bond motifs is 1. The summed E-state index contributed by atoms with van der Waals surface area (Å²) in [5, 5.41) is 40.5. The van der Waals surface area contributed by atoms with Crippen LogP contribution in [0, 0.1) is 0 Å². The number of aliphatic hydroxyl groups is 4. The number of carbonyl (C=O) groups is 1. The first-order chi connectivity index (χ1) is 13.5. The number of aliphatic hydroxyl groups excluding tert-OH is 4. The highest BCUT2D eigenvalue weighted by molar-refractivity contribution is 7.99. The molecule has 0 unspecified atom stereocenters. The van der Waals surface area contributed by atoms with Crippen LogP contribution in [0.5, 0.6) is 0 Å². The van der Waals surface area contributed by atoms with E-state index in [-0.39, 0.29) is 6.61 Å². The van der Waals surface area contributed by atoms with Crippen molar-refractivity contribution in [3.8, 4) is 0 Å². The van der Waals surface area contributed by atoms with E-state index in [4.69, 9.17) is 9.47 Å². The van der Waals surface area contributed by atoms with Crippen LogP contribution in [0.2, 0.25) is 0 Å². The Kier molecular flexibility index (Phi) is 7.28. The Morgan fingerprint density at radius 3 is 2.57 bits per heavy atom. The second-order valence-corrected chi connectivity index (χ2v) is 7.79. The van der Waals surface area contributed by atoms with Crippen molar-refractivity contribution >= 4 is 28.5 Å². The summed E-state index contributed by atoms with van der Waals surface area (Å²) in [4.78, 5) is 12.4. The molecule has 4 N–H and O–H groups in total. The summed E-state index contributed by atoms with van der Waals surface area (Å²) in [6.45, 7) is -0.253. The number of carbonyl (C=O) groups excluding carboxylic acids is 1. The van der Waals surface area contributed by atoms with Crippen molar-refractivity contribution in [2.75, 3.05) is 19.0 Å². The van der Waals surface area contributed by atoms with Gasteiger partial charge >= 0.3 is 5.97 Å². The van der Waals surface area contributed by atoms with E-state index in [2.05, 4.69) is 0 Å². The molecule has 0 radical (unpaired) electrons. The molecule has 2 aromatic rings. The number of ether oxygens (including phenoxy) is 2. The molecule has 0 amide bonds. The molecule has 8 heteroatoms. The Morgan fingerprint density at radius 1 is 1.04 bits per heavy atom. The van der Waals surface area contributed by atoms with Gasteiger partial charge in [-0.2, -0.15) is 0 Å². The molecule has 2 aromatic carbocycles. The second-order valence-electron chi connectivity index (χ2n) is 6.58. The molecule has 1 saturated heterocycles. The molecule has 3 rings (SSSR count). The molecule has 0 spiro atoms. The predicted molar refractivity (Wildman–Crippen MR) is 105 cm³/mol. The third kappa shape index (κ3) is 4.65. The number of thioether (sulfide) groups is 1. The third-order valence-electron chi connectivity index (χ3n) is 4.66. The van der Waals surface area contributed by atoms with Crippen LogP contribution in [0.4, 0.5) is 0 Å². The zero-order chi connectivity index (χ0) is 20.1. The normalized spacial score (nSPS) is 27.6. The van der Waals surface area contributed by atoms with Crippen molar-refractivity contribution in [1.29, 1.82) is 0 Å². The van der Waals surface area contributed by atoms with Gasteiger partial charge in [-0.1, -0.05) is 36.4 Å². The molecular weight excluding hydrogens is 384 g/mol. The van der Waals surface area contributed by atoms with E-state index in [9.17, 15) is 25.2 Å². The maximum Gasteiger partial charge on any atom is 0.338 e. The highest BCUT2D eigenvalue weighted by atomic mass is 32.2. The molecule has 28 heavy (non-hydrogen) atoms. The lowest BCUT2D eigenvalue weighted by Crippen LogP contribution is -2.57.